The minimum absolute atomic E-state index is 0.494. The highest BCUT2D eigenvalue weighted by Crippen LogP contribution is 2.26. The summed E-state index contributed by atoms with van der Waals surface area (Å²) < 4.78 is 14.0. The molecule has 0 fully saturated rings. The van der Waals surface area contributed by atoms with Crippen molar-refractivity contribution in [2.24, 2.45) is 0 Å². The SMILES string of the molecule is Cc1cc(-n2ncc(=O)[nH]c2=O)cc(C)c1S(=O)c1ccc(Cl)cc1. The molecule has 0 amide bonds. The normalized spacial score (nSPS) is 12.1. The molecule has 1 atom stereocenters. The van der Waals surface area contributed by atoms with Crippen LogP contribution < -0.4 is 11.2 Å². The molecule has 8 heteroatoms. The van der Waals surface area contributed by atoms with Crippen LogP contribution >= 0.6 is 11.6 Å². The Hall–Kier alpha value is -2.51. The fourth-order valence-corrected chi connectivity index (χ4v) is 4.00. The molecule has 128 valence electrons. The lowest BCUT2D eigenvalue weighted by molar-refractivity contribution is 0.682. The second kappa shape index (κ2) is 6.78. The van der Waals surface area contributed by atoms with Crippen molar-refractivity contribution in [1.29, 1.82) is 0 Å². The summed E-state index contributed by atoms with van der Waals surface area (Å²) in [6.07, 6.45) is 1.03. The van der Waals surface area contributed by atoms with Crippen molar-refractivity contribution >= 4 is 22.4 Å². The summed E-state index contributed by atoms with van der Waals surface area (Å²) in [5.41, 5.74) is 0.813. The number of aromatic nitrogens is 3. The van der Waals surface area contributed by atoms with Crippen LogP contribution in [0.5, 0.6) is 0 Å². The Bertz CT molecular complexity index is 1060. The highest BCUT2D eigenvalue weighted by Gasteiger charge is 2.15. The number of aromatic amines is 1. The van der Waals surface area contributed by atoms with Gasteiger partial charge in [-0.1, -0.05) is 11.6 Å². The highest BCUT2D eigenvalue weighted by atomic mass is 35.5. The molecular formula is C17H14ClN3O3S. The Morgan fingerprint density at radius 1 is 1.08 bits per heavy atom. The maximum atomic E-state index is 12.9. The van der Waals surface area contributed by atoms with Gasteiger partial charge in [-0.05, 0) is 61.4 Å². The maximum absolute atomic E-state index is 12.9. The summed E-state index contributed by atoms with van der Waals surface area (Å²) in [5.74, 6) is 0. The van der Waals surface area contributed by atoms with Crippen LogP contribution in [0.4, 0.5) is 0 Å². The molecule has 3 aromatic rings. The summed E-state index contributed by atoms with van der Waals surface area (Å²) in [5, 5.41) is 4.42. The third-order valence-electron chi connectivity index (χ3n) is 3.62. The predicted molar refractivity (Wildman–Crippen MR) is 96.1 cm³/mol. The van der Waals surface area contributed by atoms with E-state index in [1.165, 1.54) is 0 Å². The number of hydrogen-bond donors (Lipinski definition) is 1. The van der Waals surface area contributed by atoms with E-state index in [0.717, 1.165) is 22.0 Å². The van der Waals surface area contributed by atoms with Gasteiger partial charge < -0.3 is 0 Å². The number of benzene rings is 2. The van der Waals surface area contributed by atoms with Gasteiger partial charge in [-0.25, -0.2) is 9.00 Å². The molecule has 1 aromatic heterocycles. The number of rotatable bonds is 3. The van der Waals surface area contributed by atoms with E-state index >= 15 is 0 Å². The van der Waals surface area contributed by atoms with Gasteiger partial charge in [0.25, 0.3) is 5.56 Å². The first-order valence-electron chi connectivity index (χ1n) is 7.34. The Labute approximate surface area is 150 Å². The second-order valence-corrected chi connectivity index (χ2v) is 7.34. The van der Waals surface area contributed by atoms with Gasteiger partial charge in [0.1, 0.15) is 6.20 Å². The number of halogens is 1. The number of nitrogens with zero attached hydrogens (tertiary/aromatic N) is 2. The van der Waals surface area contributed by atoms with Crippen LogP contribution in [0.3, 0.4) is 0 Å². The second-order valence-electron chi connectivity index (χ2n) is 5.48. The number of H-pyrrole nitrogens is 1. The fraction of sp³-hybridized carbons (Fsp3) is 0.118. The van der Waals surface area contributed by atoms with Gasteiger partial charge in [0.2, 0.25) is 0 Å². The molecule has 6 nitrogen and oxygen atoms in total. The van der Waals surface area contributed by atoms with Crippen molar-refractivity contribution < 1.29 is 4.21 Å². The maximum Gasteiger partial charge on any atom is 0.349 e. The van der Waals surface area contributed by atoms with Gasteiger partial charge in [0.15, 0.2) is 0 Å². The molecular weight excluding hydrogens is 362 g/mol. The number of hydrogen-bond acceptors (Lipinski definition) is 4. The van der Waals surface area contributed by atoms with E-state index in [2.05, 4.69) is 10.1 Å². The zero-order valence-electron chi connectivity index (χ0n) is 13.4. The third kappa shape index (κ3) is 3.47. The van der Waals surface area contributed by atoms with Gasteiger partial charge in [0, 0.05) is 14.8 Å². The molecule has 0 radical (unpaired) electrons. The molecule has 0 bridgehead atoms. The zero-order chi connectivity index (χ0) is 18.1. The Morgan fingerprint density at radius 3 is 2.24 bits per heavy atom. The largest absolute Gasteiger partial charge is 0.349 e. The summed E-state index contributed by atoms with van der Waals surface area (Å²) in [7, 11) is -1.38. The lowest BCUT2D eigenvalue weighted by Crippen LogP contribution is -2.30. The zero-order valence-corrected chi connectivity index (χ0v) is 15.0. The fourth-order valence-electron chi connectivity index (χ4n) is 2.56. The first-order valence-corrected chi connectivity index (χ1v) is 8.87. The van der Waals surface area contributed by atoms with E-state index in [0.29, 0.717) is 20.5 Å². The van der Waals surface area contributed by atoms with Crippen molar-refractivity contribution in [3.05, 3.63) is 79.6 Å². The van der Waals surface area contributed by atoms with E-state index < -0.39 is 22.0 Å². The molecule has 25 heavy (non-hydrogen) atoms. The smallest absolute Gasteiger partial charge is 0.271 e. The van der Waals surface area contributed by atoms with E-state index in [4.69, 9.17) is 11.6 Å². The average molecular weight is 376 g/mol. The minimum atomic E-state index is -1.38. The monoisotopic (exact) mass is 375 g/mol. The lowest BCUT2D eigenvalue weighted by Gasteiger charge is -2.13. The van der Waals surface area contributed by atoms with Gasteiger partial charge in [-0.2, -0.15) is 9.78 Å². The standard InChI is InChI=1S/C17H14ClN3O3S/c1-10-7-13(21-17(23)20-15(22)9-19-21)8-11(2)16(10)25(24)14-5-3-12(18)4-6-14/h3-9H,1-2H3,(H,20,22,23). The molecule has 0 aliphatic carbocycles. The van der Waals surface area contributed by atoms with Crippen LogP contribution in [0, 0.1) is 13.8 Å². The number of aryl methyl sites for hydroxylation is 2. The summed E-state index contributed by atoms with van der Waals surface area (Å²) in [6, 6.07) is 10.2. The quantitative estimate of drug-likeness (QED) is 0.761. The average Bonchev–Trinajstić information content (AvgIpc) is 2.54. The highest BCUT2D eigenvalue weighted by molar-refractivity contribution is 7.85. The lowest BCUT2D eigenvalue weighted by atomic mass is 10.1. The summed E-state index contributed by atoms with van der Waals surface area (Å²) in [4.78, 5) is 26.5. The van der Waals surface area contributed by atoms with E-state index in [1.54, 1.807) is 36.4 Å². The van der Waals surface area contributed by atoms with Gasteiger partial charge >= 0.3 is 5.69 Å². The summed E-state index contributed by atoms with van der Waals surface area (Å²) >= 11 is 5.88. The number of nitrogens with one attached hydrogen (secondary N) is 1. The molecule has 1 unspecified atom stereocenters. The van der Waals surface area contributed by atoms with Crippen LogP contribution in [0.1, 0.15) is 11.1 Å². The van der Waals surface area contributed by atoms with Gasteiger partial charge in [0.05, 0.1) is 16.5 Å². The molecule has 0 aliphatic heterocycles. The van der Waals surface area contributed by atoms with E-state index in [-0.39, 0.29) is 0 Å². The van der Waals surface area contributed by atoms with Crippen molar-refractivity contribution in [3.8, 4) is 5.69 Å². The predicted octanol–water partition coefficient (Wildman–Crippen LogP) is 2.36. The molecule has 0 spiro atoms. The van der Waals surface area contributed by atoms with Gasteiger partial charge in [-0.3, -0.25) is 9.78 Å². The topological polar surface area (TPSA) is 84.8 Å². The van der Waals surface area contributed by atoms with Crippen LogP contribution in [0.2, 0.25) is 5.02 Å². The van der Waals surface area contributed by atoms with Crippen molar-refractivity contribution in [1.82, 2.24) is 14.8 Å². The first-order chi connectivity index (χ1) is 11.9. The molecule has 0 saturated heterocycles. The summed E-state index contributed by atoms with van der Waals surface area (Å²) in [6.45, 7) is 3.63. The van der Waals surface area contributed by atoms with E-state index in [1.807, 2.05) is 13.8 Å². The van der Waals surface area contributed by atoms with Crippen LogP contribution in [0.25, 0.3) is 5.69 Å². The van der Waals surface area contributed by atoms with Crippen LogP contribution in [0.15, 0.2) is 62.0 Å². The Balaban J connectivity index is 2.09. The van der Waals surface area contributed by atoms with Crippen molar-refractivity contribution in [3.63, 3.8) is 0 Å². The Kier molecular flexibility index (Phi) is 4.69. The van der Waals surface area contributed by atoms with Crippen molar-refractivity contribution in [2.75, 3.05) is 0 Å². The molecule has 1 heterocycles. The molecule has 0 saturated carbocycles. The minimum Gasteiger partial charge on any atom is -0.271 e. The molecule has 0 aliphatic rings. The molecule has 1 N–H and O–H groups in total. The van der Waals surface area contributed by atoms with Crippen LogP contribution in [-0.4, -0.2) is 19.0 Å². The Morgan fingerprint density at radius 2 is 1.68 bits per heavy atom. The van der Waals surface area contributed by atoms with Crippen molar-refractivity contribution in [2.45, 2.75) is 23.6 Å². The van der Waals surface area contributed by atoms with E-state index in [9.17, 15) is 13.8 Å². The first kappa shape index (κ1) is 17.3. The van der Waals surface area contributed by atoms with Gasteiger partial charge in [-0.15, -0.1) is 0 Å². The van der Waals surface area contributed by atoms with Crippen LogP contribution in [-0.2, 0) is 10.8 Å². The molecule has 2 aromatic carbocycles. The molecule has 3 rings (SSSR count). The third-order valence-corrected chi connectivity index (χ3v) is 5.58.